The van der Waals surface area contributed by atoms with E-state index in [1.165, 1.54) is 0 Å². The van der Waals surface area contributed by atoms with Gasteiger partial charge in [-0.15, -0.1) is 0 Å². The number of hydrazone groups is 1. The topological polar surface area (TPSA) is 46.1 Å². The lowest BCUT2D eigenvalue weighted by atomic mass is 9.97. The number of methoxy groups -OCH3 is 2. The predicted molar refractivity (Wildman–Crippen MR) is 124 cm³/mol. The van der Waals surface area contributed by atoms with Gasteiger partial charge in [-0.2, -0.15) is 5.10 Å². The number of hydrogen-bond donors (Lipinski definition) is 1. The zero-order valence-electron chi connectivity index (χ0n) is 16.9. The third-order valence-electron chi connectivity index (χ3n) is 5.05. The Morgan fingerprint density at radius 2 is 1.67 bits per heavy atom. The molecule has 0 saturated carbocycles. The molecule has 1 heterocycles. The van der Waals surface area contributed by atoms with Crippen molar-refractivity contribution in [3.8, 4) is 11.5 Å². The first kappa shape index (κ1) is 19.9. The fraction of sp³-hybridized carbons (Fsp3) is 0.167. The molecule has 0 amide bonds. The molecule has 0 radical (unpaired) electrons. The highest BCUT2D eigenvalue weighted by Crippen LogP contribution is 2.39. The van der Waals surface area contributed by atoms with Crippen molar-refractivity contribution in [3.63, 3.8) is 0 Å². The van der Waals surface area contributed by atoms with Crippen molar-refractivity contribution in [2.45, 2.75) is 12.5 Å². The largest absolute Gasteiger partial charge is 0.497 e. The summed E-state index contributed by atoms with van der Waals surface area (Å²) in [6, 6.07) is 25.8. The molecule has 1 aliphatic rings. The lowest BCUT2D eigenvalue weighted by Gasteiger charge is -2.26. The van der Waals surface area contributed by atoms with Gasteiger partial charge in [-0.05, 0) is 42.0 Å². The normalized spacial score (nSPS) is 15.5. The molecule has 3 aromatic rings. The van der Waals surface area contributed by atoms with Crippen molar-refractivity contribution in [2.75, 3.05) is 19.5 Å². The summed E-state index contributed by atoms with van der Waals surface area (Å²) in [6.45, 7) is 0. The van der Waals surface area contributed by atoms with Gasteiger partial charge in [0.15, 0.2) is 5.11 Å². The average molecular weight is 418 g/mol. The third kappa shape index (κ3) is 4.14. The minimum absolute atomic E-state index is 0.0928. The SMILES string of the molecule is COc1ccc([C@@H]2CC(c3ccccc3)=NN2C(=S)Nc2ccccc2)c(OC)c1. The molecule has 152 valence electrons. The molecular formula is C24H23N3O2S. The number of para-hydroxylation sites is 1. The maximum absolute atomic E-state index is 5.75. The van der Waals surface area contributed by atoms with Gasteiger partial charge in [0.1, 0.15) is 11.5 Å². The number of rotatable bonds is 5. The van der Waals surface area contributed by atoms with Crippen LogP contribution < -0.4 is 14.8 Å². The van der Waals surface area contributed by atoms with E-state index in [1.807, 2.05) is 71.7 Å². The van der Waals surface area contributed by atoms with Crippen LogP contribution in [0.2, 0.25) is 0 Å². The Morgan fingerprint density at radius 3 is 2.33 bits per heavy atom. The summed E-state index contributed by atoms with van der Waals surface area (Å²) in [5.74, 6) is 1.49. The van der Waals surface area contributed by atoms with Crippen LogP contribution in [-0.4, -0.2) is 30.1 Å². The van der Waals surface area contributed by atoms with Crippen LogP contribution in [0.4, 0.5) is 5.69 Å². The van der Waals surface area contributed by atoms with Crippen molar-refractivity contribution in [1.29, 1.82) is 0 Å². The van der Waals surface area contributed by atoms with Gasteiger partial charge in [0.25, 0.3) is 0 Å². The highest BCUT2D eigenvalue weighted by atomic mass is 32.1. The number of benzene rings is 3. The van der Waals surface area contributed by atoms with Crippen molar-refractivity contribution < 1.29 is 9.47 Å². The highest BCUT2D eigenvalue weighted by Gasteiger charge is 2.33. The maximum atomic E-state index is 5.75. The van der Waals surface area contributed by atoms with Crippen molar-refractivity contribution in [1.82, 2.24) is 5.01 Å². The number of nitrogens with one attached hydrogen (secondary N) is 1. The highest BCUT2D eigenvalue weighted by molar-refractivity contribution is 7.80. The van der Waals surface area contributed by atoms with Gasteiger partial charge in [-0.25, -0.2) is 5.01 Å². The number of nitrogens with zero attached hydrogens (tertiary/aromatic N) is 2. The Bertz CT molecular complexity index is 1050. The van der Waals surface area contributed by atoms with Gasteiger partial charge >= 0.3 is 0 Å². The summed E-state index contributed by atoms with van der Waals surface area (Å²) in [7, 11) is 3.31. The lowest BCUT2D eigenvalue weighted by molar-refractivity contribution is 0.346. The summed E-state index contributed by atoms with van der Waals surface area (Å²) >= 11 is 5.75. The van der Waals surface area contributed by atoms with Gasteiger partial charge in [-0.3, -0.25) is 0 Å². The van der Waals surface area contributed by atoms with Gasteiger partial charge < -0.3 is 14.8 Å². The van der Waals surface area contributed by atoms with E-state index in [0.717, 1.165) is 34.0 Å². The van der Waals surface area contributed by atoms with Gasteiger partial charge in [0.2, 0.25) is 0 Å². The first-order valence-electron chi connectivity index (χ1n) is 9.69. The quantitative estimate of drug-likeness (QED) is 0.575. The first-order valence-corrected chi connectivity index (χ1v) is 10.1. The van der Waals surface area contributed by atoms with Crippen molar-refractivity contribution >= 4 is 28.7 Å². The fourth-order valence-corrected chi connectivity index (χ4v) is 3.83. The predicted octanol–water partition coefficient (Wildman–Crippen LogP) is 5.25. The summed E-state index contributed by atoms with van der Waals surface area (Å²) in [6.07, 6.45) is 0.712. The van der Waals surface area contributed by atoms with Gasteiger partial charge in [0.05, 0.1) is 26.0 Å². The van der Waals surface area contributed by atoms with Crippen LogP contribution in [0, 0.1) is 0 Å². The molecular weight excluding hydrogens is 394 g/mol. The standard InChI is InChI=1S/C24H23N3O2S/c1-28-19-13-14-20(23(15-19)29-2)22-16-21(17-9-5-3-6-10-17)26-27(22)24(30)25-18-11-7-4-8-12-18/h3-15,22H,16H2,1-2H3,(H,25,30)/t22-/m0/s1. The third-order valence-corrected chi connectivity index (χ3v) is 5.34. The van der Waals surface area contributed by atoms with E-state index < -0.39 is 0 Å². The Labute approximate surface area is 181 Å². The second-order valence-corrected chi connectivity index (χ2v) is 7.27. The summed E-state index contributed by atoms with van der Waals surface area (Å²) in [5.41, 5.74) is 3.99. The number of hydrogen-bond acceptors (Lipinski definition) is 4. The zero-order valence-corrected chi connectivity index (χ0v) is 17.7. The number of ether oxygens (including phenoxy) is 2. The van der Waals surface area contributed by atoms with E-state index in [2.05, 4.69) is 17.4 Å². The van der Waals surface area contributed by atoms with Crippen LogP contribution in [-0.2, 0) is 0 Å². The fourth-order valence-electron chi connectivity index (χ4n) is 3.54. The molecule has 5 nitrogen and oxygen atoms in total. The molecule has 0 bridgehead atoms. The molecule has 1 atom stereocenters. The van der Waals surface area contributed by atoms with Crippen molar-refractivity contribution in [2.24, 2.45) is 5.10 Å². The van der Waals surface area contributed by atoms with E-state index in [0.29, 0.717) is 11.5 Å². The van der Waals surface area contributed by atoms with E-state index in [1.54, 1.807) is 14.2 Å². The summed E-state index contributed by atoms with van der Waals surface area (Å²) in [5, 5.41) is 10.6. The second kappa shape index (κ2) is 8.97. The molecule has 0 unspecified atom stereocenters. The maximum Gasteiger partial charge on any atom is 0.194 e. The van der Waals surface area contributed by atoms with E-state index in [4.69, 9.17) is 26.8 Å². The summed E-state index contributed by atoms with van der Waals surface area (Å²) in [4.78, 5) is 0. The van der Waals surface area contributed by atoms with Gasteiger partial charge in [-0.1, -0.05) is 48.5 Å². The van der Waals surface area contributed by atoms with Crippen LogP contribution >= 0.6 is 12.2 Å². The van der Waals surface area contributed by atoms with Crippen LogP contribution in [0.15, 0.2) is 84.0 Å². The molecule has 3 aromatic carbocycles. The minimum atomic E-state index is -0.0928. The van der Waals surface area contributed by atoms with E-state index >= 15 is 0 Å². The van der Waals surface area contributed by atoms with E-state index in [-0.39, 0.29) is 6.04 Å². The Balaban J connectivity index is 1.70. The van der Waals surface area contributed by atoms with Crippen LogP contribution in [0.3, 0.4) is 0 Å². The molecule has 30 heavy (non-hydrogen) atoms. The molecule has 1 aliphatic heterocycles. The summed E-state index contributed by atoms with van der Waals surface area (Å²) < 4.78 is 11.0. The van der Waals surface area contributed by atoms with Gasteiger partial charge in [0, 0.05) is 23.7 Å². The molecule has 0 saturated heterocycles. The Kier molecular flexibility index (Phi) is 5.95. The lowest BCUT2D eigenvalue weighted by Crippen LogP contribution is -2.31. The van der Waals surface area contributed by atoms with Crippen LogP contribution in [0.25, 0.3) is 0 Å². The minimum Gasteiger partial charge on any atom is -0.497 e. The molecule has 6 heteroatoms. The second-order valence-electron chi connectivity index (χ2n) is 6.88. The van der Waals surface area contributed by atoms with Crippen LogP contribution in [0.1, 0.15) is 23.6 Å². The Morgan fingerprint density at radius 1 is 0.967 bits per heavy atom. The Hall–Kier alpha value is -3.38. The molecule has 0 fully saturated rings. The number of anilines is 1. The zero-order chi connectivity index (χ0) is 20.9. The molecule has 4 rings (SSSR count). The molecule has 1 N–H and O–H groups in total. The average Bonchev–Trinajstić information content (AvgIpc) is 3.25. The monoisotopic (exact) mass is 417 g/mol. The van der Waals surface area contributed by atoms with Crippen LogP contribution in [0.5, 0.6) is 11.5 Å². The van der Waals surface area contributed by atoms with E-state index in [9.17, 15) is 0 Å². The first-order chi connectivity index (χ1) is 14.7. The number of thiocarbonyl (C=S) groups is 1. The molecule has 0 aliphatic carbocycles. The smallest absolute Gasteiger partial charge is 0.194 e. The molecule has 0 spiro atoms. The molecule has 0 aromatic heterocycles. The van der Waals surface area contributed by atoms with Crippen molar-refractivity contribution in [3.05, 3.63) is 90.0 Å².